The van der Waals surface area contributed by atoms with Crippen molar-refractivity contribution in [2.45, 2.75) is 0 Å². The monoisotopic (exact) mass is 184 g/mol. The van der Waals surface area contributed by atoms with Crippen LogP contribution >= 0.6 is 33.8 Å². The summed E-state index contributed by atoms with van der Waals surface area (Å²) in [6, 6.07) is 0. The Balaban J connectivity index is 1.97. The van der Waals surface area contributed by atoms with Gasteiger partial charge >= 0.3 is 0 Å². The van der Waals surface area contributed by atoms with E-state index in [1.165, 1.54) is 6.59 Å². The Bertz CT molecular complexity index is 8.00. The Kier molecular flexibility index (Phi) is 5.34. The van der Waals surface area contributed by atoms with Gasteiger partial charge in [-0.25, -0.2) is 11.5 Å². The van der Waals surface area contributed by atoms with Crippen LogP contribution in [0.5, 0.6) is 0 Å². The lowest BCUT2D eigenvalue weighted by atomic mass is 9.79. The molecule has 0 aliphatic carbocycles. The Morgan fingerprint density at radius 2 is 2.00 bits per heavy atom. The molecular formula is B2ClI. The van der Waals surface area contributed by atoms with E-state index in [2.05, 4.69) is 0 Å². The second kappa shape index (κ2) is 4.15. The van der Waals surface area contributed by atoms with Gasteiger partial charge in [0.05, 0.1) is 0 Å². The molecular weight excluding hydrogens is 184 g/mol. The summed E-state index contributed by atoms with van der Waals surface area (Å²) in [5, 5.41) is 1.74. The van der Waals surface area contributed by atoms with Gasteiger partial charge in [-0.3, -0.25) is 0 Å². The summed E-state index contributed by atoms with van der Waals surface area (Å²) in [4.78, 5) is 0. The molecule has 4 heteroatoms. The largest absolute Gasteiger partial charge is 0.214 e. The van der Waals surface area contributed by atoms with E-state index in [1.54, 1.807) is 5.03 Å². The zero-order valence-electron chi connectivity index (χ0n) is 1.91. The summed E-state index contributed by atoms with van der Waals surface area (Å²) >= 11 is 7.04. The van der Waals surface area contributed by atoms with Crippen molar-refractivity contribution in [2.75, 3.05) is 0 Å². The predicted molar refractivity (Wildman–Crippen MR) is 31.4 cm³/mol. The van der Waals surface area contributed by atoms with Gasteiger partial charge < -0.3 is 0 Å². The first-order valence-corrected chi connectivity index (χ1v) is 2.45. The molecule has 0 aliphatic heterocycles. The summed E-state index contributed by atoms with van der Waals surface area (Å²) in [7, 11) is 0. The molecule has 0 aromatic rings. The van der Waals surface area contributed by atoms with Gasteiger partial charge in [-0.1, -0.05) is 0 Å². The molecule has 0 saturated heterocycles. The lowest BCUT2D eigenvalue weighted by molar-refractivity contribution is 4.34. The summed E-state index contributed by atoms with van der Waals surface area (Å²) in [6.07, 6.45) is 0. The highest BCUT2D eigenvalue weighted by Crippen LogP contribution is 1.72. The van der Waals surface area contributed by atoms with Gasteiger partial charge in [0.25, 0.3) is 0 Å². The van der Waals surface area contributed by atoms with Gasteiger partial charge in [0.2, 0.25) is 6.59 Å². The highest BCUT2D eigenvalue weighted by molar-refractivity contribution is 14.1. The van der Waals surface area contributed by atoms with Crippen LogP contribution in [0.1, 0.15) is 0 Å². The normalized spacial score (nSPS) is 5.50. The number of rotatable bonds is 1. The molecule has 0 aliphatic rings. The van der Waals surface area contributed by atoms with Crippen molar-refractivity contribution in [3.8, 4) is 0 Å². The molecule has 0 bridgehead atoms. The minimum Gasteiger partial charge on any atom is -0.214 e. The first-order valence-electron chi connectivity index (χ1n) is 0.770. The SMILES string of the molecule is Cl[B][B]I. The van der Waals surface area contributed by atoms with Crippen LogP contribution in [0.2, 0.25) is 0 Å². The Labute approximate surface area is 45.5 Å². The lowest BCUT2D eigenvalue weighted by Crippen LogP contribution is -1.77. The maximum absolute atomic E-state index is 5.00. The quantitative estimate of drug-likeness (QED) is 0.418. The second-order valence-electron chi connectivity index (χ2n) is 0.252. The van der Waals surface area contributed by atoms with Crippen LogP contribution in [0.4, 0.5) is 0 Å². The molecule has 0 rings (SSSR count). The van der Waals surface area contributed by atoms with Gasteiger partial charge in [0, 0.05) is 0 Å². The first-order chi connectivity index (χ1) is 1.91. The maximum atomic E-state index is 5.00. The number of halogens is 2. The highest BCUT2D eigenvalue weighted by Gasteiger charge is 1.72. The van der Waals surface area contributed by atoms with Crippen molar-refractivity contribution in [3.63, 3.8) is 0 Å². The van der Waals surface area contributed by atoms with E-state index in [4.69, 9.17) is 11.5 Å². The average molecular weight is 184 g/mol. The molecule has 0 spiro atoms. The fourth-order valence-corrected chi connectivity index (χ4v) is 0. The summed E-state index contributed by atoms with van der Waals surface area (Å²) in [5.74, 6) is 0. The molecule has 0 heterocycles. The van der Waals surface area contributed by atoms with E-state index in [-0.39, 0.29) is 0 Å². The van der Waals surface area contributed by atoms with Crippen LogP contribution in [0, 0.1) is 0 Å². The molecule has 0 nitrogen and oxygen atoms in total. The third kappa shape index (κ3) is 3.15. The second-order valence-corrected chi connectivity index (χ2v) is 1.22. The van der Waals surface area contributed by atoms with Crippen molar-refractivity contribution < 1.29 is 0 Å². The standard InChI is InChI=1S/B2ClI/c3-1-2-4. The molecule has 4 heavy (non-hydrogen) atoms. The first kappa shape index (κ1) is 5.15. The van der Waals surface area contributed by atoms with E-state index in [0.29, 0.717) is 0 Å². The Hall–Kier alpha value is 1.15. The van der Waals surface area contributed by atoms with Crippen LogP contribution in [0.15, 0.2) is 0 Å². The molecule has 0 unspecified atom stereocenters. The van der Waals surface area contributed by atoms with Crippen LogP contribution in [0.3, 0.4) is 0 Å². The molecule has 20 valence electrons. The van der Waals surface area contributed by atoms with E-state index in [9.17, 15) is 0 Å². The Morgan fingerprint density at radius 3 is 2.00 bits per heavy atom. The van der Waals surface area contributed by atoms with Gasteiger partial charge in [-0.05, 0) is 0 Å². The lowest BCUT2D eigenvalue weighted by Gasteiger charge is -1.55. The van der Waals surface area contributed by atoms with Crippen LogP contribution in [-0.4, -0.2) is 11.6 Å². The molecule has 0 atom stereocenters. The average Bonchev–Trinajstić information content (AvgIpc) is 1.37. The minimum absolute atomic E-state index is 1.46. The van der Waals surface area contributed by atoms with E-state index < -0.39 is 0 Å². The molecule has 2 radical (unpaired) electrons. The van der Waals surface area contributed by atoms with Crippen molar-refractivity contribution in [3.05, 3.63) is 0 Å². The fraction of sp³-hybridized carbons (Fsp3) is 0. The van der Waals surface area contributed by atoms with Crippen molar-refractivity contribution in [1.82, 2.24) is 0 Å². The zero-order valence-corrected chi connectivity index (χ0v) is 4.82. The van der Waals surface area contributed by atoms with E-state index >= 15 is 0 Å². The van der Waals surface area contributed by atoms with Crippen molar-refractivity contribution >= 4 is 45.4 Å². The topological polar surface area (TPSA) is 0 Å². The molecule has 0 N–H and O–H groups in total. The Morgan fingerprint density at radius 1 is 1.75 bits per heavy atom. The fourth-order valence-electron chi connectivity index (χ4n) is 0. The van der Waals surface area contributed by atoms with Crippen LogP contribution < -0.4 is 0 Å². The van der Waals surface area contributed by atoms with Gasteiger partial charge in [-0.2, -0.15) is 22.4 Å². The summed E-state index contributed by atoms with van der Waals surface area (Å²) in [5.41, 5.74) is 0. The number of hydrogen-bond acceptors (Lipinski definition) is 0. The molecule has 0 amide bonds. The minimum atomic E-state index is 1.46. The molecule has 0 saturated carbocycles. The van der Waals surface area contributed by atoms with Gasteiger partial charge in [0.1, 0.15) is 0 Å². The molecule has 0 aromatic carbocycles. The summed E-state index contributed by atoms with van der Waals surface area (Å²) in [6.45, 7) is 1.46. The van der Waals surface area contributed by atoms with Crippen molar-refractivity contribution in [1.29, 1.82) is 0 Å². The zero-order chi connectivity index (χ0) is 3.41. The molecule has 0 aromatic heterocycles. The predicted octanol–water partition coefficient (Wildman–Crippen LogP) is 0.814. The smallest absolute Gasteiger partial charge is 0.206 e. The van der Waals surface area contributed by atoms with Gasteiger partial charge in [0.15, 0.2) is 5.03 Å². The van der Waals surface area contributed by atoms with Crippen molar-refractivity contribution in [2.24, 2.45) is 0 Å². The summed E-state index contributed by atoms with van der Waals surface area (Å²) < 4.78 is 0. The van der Waals surface area contributed by atoms with E-state index in [0.717, 1.165) is 0 Å². The molecule has 0 fully saturated rings. The van der Waals surface area contributed by atoms with Gasteiger partial charge in [-0.15, -0.1) is 0 Å². The van der Waals surface area contributed by atoms with Crippen LogP contribution in [-0.2, 0) is 0 Å². The third-order valence-corrected chi connectivity index (χ3v) is 0.958. The van der Waals surface area contributed by atoms with E-state index in [1.807, 2.05) is 22.4 Å². The third-order valence-electron chi connectivity index (χ3n) is 0.0476. The highest BCUT2D eigenvalue weighted by atomic mass is 127. The number of hydrogen-bond donors (Lipinski definition) is 0. The maximum Gasteiger partial charge on any atom is 0.206 e. The van der Waals surface area contributed by atoms with Crippen LogP contribution in [0.25, 0.3) is 0 Å².